The molecule has 0 spiro atoms. The van der Waals surface area contributed by atoms with Crippen LogP contribution in [-0.2, 0) is 33.4 Å². The van der Waals surface area contributed by atoms with Crippen molar-refractivity contribution in [3.05, 3.63) is 179 Å². The van der Waals surface area contributed by atoms with E-state index < -0.39 is 47.1 Å². The predicted molar refractivity (Wildman–Crippen MR) is 274 cm³/mol. The van der Waals surface area contributed by atoms with Gasteiger partial charge < -0.3 is 36.2 Å². The molecule has 0 heterocycles. The first-order valence-corrected chi connectivity index (χ1v) is 23.6. The second-order valence-corrected chi connectivity index (χ2v) is 17.4. The average molecular weight is 1010 g/mol. The number of anilines is 2. The Balaban J connectivity index is 0.000000200. The number of carbonyl (C=O) groups is 8. The Morgan fingerprint density at radius 1 is 0.534 bits per heavy atom. The van der Waals surface area contributed by atoms with Crippen molar-refractivity contribution < 1.29 is 58.0 Å². The number of nitrogen functional groups attached to an aromatic ring is 1. The van der Waals surface area contributed by atoms with E-state index in [0.717, 1.165) is 33.4 Å². The number of hydrogen-bond donors (Lipinski definition) is 6. The SMILES string of the molecule is CC(NC(=O)OCC1c2ccccc2-c2ccccc21)C(=O)Cl.C[C@@H](NNc1ccc(C(=O)CCC(=O)O)cc1)C(=O)C(=O)OCC1c2ccccc2-c2ccccc21.Nc1ccc(C(=O)CCC(=O)O)cc1. The Kier molecular flexibility index (Phi) is 18.9. The summed E-state index contributed by atoms with van der Waals surface area (Å²) in [6.45, 7) is 3.33. The van der Waals surface area contributed by atoms with E-state index in [1.165, 1.54) is 18.1 Å². The minimum atomic E-state index is -1.03. The van der Waals surface area contributed by atoms with E-state index in [1.807, 2.05) is 84.9 Å². The highest BCUT2D eigenvalue weighted by molar-refractivity contribution is 6.64. The largest absolute Gasteiger partial charge is 0.481 e. The monoisotopic (exact) mass is 1010 g/mol. The number of alkyl carbamates (subject to hydrolysis) is 1. The van der Waals surface area contributed by atoms with Crippen molar-refractivity contribution in [1.82, 2.24) is 10.7 Å². The van der Waals surface area contributed by atoms with Crippen LogP contribution in [0, 0.1) is 0 Å². The van der Waals surface area contributed by atoms with Gasteiger partial charge in [0.2, 0.25) is 5.24 Å². The molecule has 0 saturated heterocycles. The number of Topliss-reactive ketones (excluding diaryl/α,β-unsaturated/α-hetero) is 3. The normalized spacial score (nSPS) is 12.5. The predicted octanol–water partition coefficient (Wildman–Crippen LogP) is 8.96. The van der Waals surface area contributed by atoms with Crippen LogP contribution in [-0.4, -0.2) is 82.1 Å². The van der Waals surface area contributed by atoms with Gasteiger partial charge in [0, 0.05) is 47.2 Å². The summed E-state index contributed by atoms with van der Waals surface area (Å²) in [4.78, 5) is 92.0. The van der Waals surface area contributed by atoms with E-state index in [1.54, 1.807) is 55.5 Å². The zero-order valence-corrected chi connectivity index (χ0v) is 40.6. The quantitative estimate of drug-likeness (QED) is 0.0111. The highest BCUT2D eigenvalue weighted by atomic mass is 35.5. The topological polar surface area (TPSA) is 258 Å². The highest BCUT2D eigenvalue weighted by Crippen LogP contribution is 2.45. The number of nitrogens with one attached hydrogen (secondary N) is 3. The van der Waals surface area contributed by atoms with Crippen LogP contribution in [0.15, 0.2) is 146 Å². The maximum Gasteiger partial charge on any atom is 0.407 e. The smallest absolute Gasteiger partial charge is 0.407 e. The molecule has 376 valence electrons. The average Bonchev–Trinajstić information content (AvgIpc) is 3.89. The van der Waals surface area contributed by atoms with Crippen molar-refractivity contribution >= 4 is 69.6 Å². The summed E-state index contributed by atoms with van der Waals surface area (Å²) >= 11 is 5.32. The van der Waals surface area contributed by atoms with Crippen LogP contribution in [0.5, 0.6) is 0 Å². The van der Waals surface area contributed by atoms with Gasteiger partial charge in [-0.25, -0.2) is 15.0 Å². The van der Waals surface area contributed by atoms with Crippen molar-refractivity contribution in [2.45, 2.75) is 63.5 Å². The number of carboxylic acid groups (broad SMARTS) is 2. The molecule has 7 N–H and O–H groups in total. The molecule has 6 aromatic carbocycles. The lowest BCUT2D eigenvalue weighted by Gasteiger charge is -2.16. The van der Waals surface area contributed by atoms with Crippen LogP contribution in [0.2, 0.25) is 0 Å². The minimum absolute atomic E-state index is 0.00448. The van der Waals surface area contributed by atoms with Gasteiger partial charge in [-0.1, -0.05) is 97.1 Å². The second kappa shape index (κ2) is 25.6. The number of halogens is 1. The van der Waals surface area contributed by atoms with E-state index in [4.69, 9.17) is 37.0 Å². The lowest BCUT2D eigenvalue weighted by Crippen LogP contribution is -2.42. The third-order valence-corrected chi connectivity index (χ3v) is 12.3. The summed E-state index contributed by atoms with van der Waals surface area (Å²) in [6.07, 6.45) is -1.06. The van der Waals surface area contributed by atoms with Crippen LogP contribution >= 0.6 is 11.6 Å². The fraction of sp³-hybridized carbons (Fsp3) is 0.214. The fourth-order valence-corrected chi connectivity index (χ4v) is 8.17. The van der Waals surface area contributed by atoms with Gasteiger partial charge in [-0.2, -0.15) is 0 Å². The van der Waals surface area contributed by atoms with E-state index in [0.29, 0.717) is 22.5 Å². The summed E-state index contributed by atoms with van der Waals surface area (Å²) < 4.78 is 10.7. The second-order valence-electron chi connectivity index (χ2n) is 17.0. The molecule has 2 atom stereocenters. The highest BCUT2D eigenvalue weighted by Gasteiger charge is 2.32. The molecular weight excluding hydrogens is 956 g/mol. The first-order valence-electron chi connectivity index (χ1n) is 23.2. The first-order chi connectivity index (χ1) is 35.0. The number of carboxylic acids is 2. The van der Waals surface area contributed by atoms with Gasteiger partial charge in [0.25, 0.3) is 5.78 Å². The van der Waals surface area contributed by atoms with Gasteiger partial charge in [-0.05, 0) is 118 Å². The number of ketones is 3. The van der Waals surface area contributed by atoms with Crippen LogP contribution in [0.1, 0.15) is 94.3 Å². The molecule has 1 amide bonds. The number of carbonyl (C=O) groups excluding carboxylic acids is 6. The van der Waals surface area contributed by atoms with E-state index >= 15 is 0 Å². The van der Waals surface area contributed by atoms with Gasteiger partial charge in [-0.3, -0.25) is 28.8 Å². The molecule has 2 aliphatic rings. The van der Waals surface area contributed by atoms with Gasteiger partial charge in [0.05, 0.1) is 18.9 Å². The number of rotatable bonds is 19. The molecule has 0 saturated carbocycles. The van der Waals surface area contributed by atoms with Gasteiger partial charge in [-0.15, -0.1) is 0 Å². The zero-order chi connectivity index (χ0) is 52.6. The number of esters is 1. The van der Waals surface area contributed by atoms with Crippen molar-refractivity contribution in [3.8, 4) is 22.3 Å². The molecule has 17 heteroatoms. The molecule has 8 rings (SSSR count). The molecule has 0 radical (unpaired) electrons. The molecule has 1 unspecified atom stereocenters. The number of ether oxygens (including phenoxy) is 2. The lowest BCUT2D eigenvalue weighted by atomic mass is 9.98. The molecule has 0 fully saturated rings. The molecule has 0 aromatic heterocycles. The molecule has 6 aromatic rings. The lowest BCUT2D eigenvalue weighted by molar-refractivity contribution is -0.154. The van der Waals surface area contributed by atoms with Crippen LogP contribution < -0.4 is 21.9 Å². The Morgan fingerprint density at radius 3 is 1.32 bits per heavy atom. The van der Waals surface area contributed by atoms with Crippen molar-refractivity contribution in [3.63, 3.8) is 0 Å². The van der Waals surface area contributed by atoms with Gasteiger partial charge in [0.15, 0.2) is 11.6 Å². The van der Waals surface area contributed by atoms with Crippen LogP contribution in [0.3, 0.4) is 0 Å². The summed E-state index contributed by atoms with van der Waals surface area (Å²) in [7, 11) is 0. The Bertz CT molecular complexity index is 2910. The van der Waals surface area contributed by atoms with Crippen molar-refractivity contribution in [2.24, 2.45) is 0 Å². The number of hydrazine groups is 1. The standard InChI is InChI=1S/C28H26N2O6.C18H16ClNO3.C10H11NO3/c1-17(29-30-19-12-10-18(11-13-19)25(31)14-15-26(32)33)27(34)28(35)36-16-24-22-8-4-2-6-20(22)21-7-3-5-9-23(21)24;1-11(17(19)21)20-18(22)23-10-16-14-8-4-2-6-12(14)13-7-3-5-9-15(13)16;11-8-3-1-7(2-4-8)9(12)5-6-10(13)14/h2-13,17,24,29-30H,14-16H2,1H3,(H,32,33);2-9,11,16H,10H2,1H3,(H,20,22);1-4H,5-6,11H2,(H,13,14)/t17-;;/m1../s1. The van der Waals surface area contributed by atoms with E-state index in [9.17, 15) is 38.4 Å². The number of aliphatic carboxylic acids is 2. The van der Waals surface area contributed by atoms with Crippen LogP contribution in [0.25, 0.3) is 22.3 Å². The summed E-state index contributed by atoms with van der Waals surface area (Å²) in [5, 5.41) is 18.9. The molecule has 0 bridgehead atoms. The number of nitrogens with two attached hydrogens (primary N) is 1. The molecular formula is C56H53ClN4O12. The van der Waals surface area contributed by atoms with Crippen LogP contribution in [0.4, 0.5) is 16.2 Å². The zero-order valence-electron chi connectivity index (χ0n) is 39.8. The van der Waals surface area contributed by atoms with Crippen molar-refractivity contribution in [1.29, 1.82) is 0 Å². The van der Waals surface area contributed by atoms with E-state index in [2.05, 4.69) is 28.3 Å². The fourth-order valence-electron chi connectivity index (χ4n) is 8.12. The number of amides is 1. The van der Waals surface area contributed by atoms with Crippen molar-refractivity contribution in [2.75, 3.05) is 24.4 Å². The number of benzene rings is 6. The molecule has 73 heavy (non-hydrogen) atoms. The Labute approximate surface area is 425 Å². The molecule has 0 aliphatic heterocycles. The third kappa shape index (κ3) is 14.6. The number of fused-ring (bicyclic) bond motifs is 6. The third-order valence-electron chi connectivity index (χ3n) is 12.0. The minimum Gasteiger partial charge on any atom is -0.481 e. The molecule has 2 aliphatic carbocycles. The van der Waals surface area contributed by atoms with Gasteiger partial charge >= 0.3 is 24.0 Å². The van der Waals surface area contributed by atoms with E-state index in [-0.39, 0.29) is 62.3 Å². The Hall–Kier alpha value is -8.47. The maximum atomic E-state index is 12.6. The summed E-state index contributed by atoms with van der Waals surface area (Å²) in [6, 6.07) is 43.3. The summed E-state index contributed by atoms with van der Waals surface area (Å²) in [5.74, 6) is -4.21. The molecule has 16 nitrogen and oxygen atoms in total. The number of hydrogen-bond acceptors (Lipinski definition) is 13. The maximum absolute atomic E-state index is 12.6. The van der Waals surface area contributed by atoms with Gasteiger partial charge in [0.1, 0.15) is 19.3 Å². The summed E-state index contributed by atoms with van der Waals surface area (Å²) in [5.41, 5.74) is 22.1. The Morgan fingerprint density at radius 2 is 0.918 bits per heavy atom. The first kappa shape index (κ1) is 53.9.